The number of amides is 1. The van der Waals surface area contributed by atoms with Crippen molar-refractivity contribution in [1.29, 1.82) is 0 Å². The predicted molar refractivity (Wildman–Crippen MR) is 80.2 cm³/mol. The fourth-order valence-electron chi connectivity index (χ4n) is 2.25. The molecule has 1 fully saturated rings. The summed E-state index contributed by atoms with van der Waals surface area (Å²) in [5.74, 6) is -0.331. The van der Waals surface area contributed by atoms with Gasteiger partial charge in [-0.25, -0.2) is 13.8 Å². The Morgan fingerprint density at radius 3 is 2.65 bits per heavy atom. The molecule has 126 valence electrons. The highest BCUT2D eigenvalue weighted by atomic mass is 32.2. The highest BCUT2D eigenvalue weighted by molar-refractivity contribution is 7.91. The van der Waals surface area contributed by atoms with Crippen LogP contribution in [0.3, 0.4) is 0 Å². The zero-order chi connectivity index (χ0) is 16.9. The Kier molecular flexibility index (Phi) is 5.64. The van der Waals surface area contributed by atoms with Crippen LogP contribution in [0.15, 0.2) is 29.4 Å². The number of alkyl halides is 2. The fraction of sp³-hybridized carbons (Fsp3) is 0.429. The van der Waals surface area contributed by atoms with Crippen molar-refractivity contribution in [1.82, 2.24) is 5.43 Å². The normalized spacial score (nSPS) is 20.0. The van der Waals surface area contributed by atoms with Crippen LogP contribution in [-0.2, 0) is 14.6 Å². The minimum atomic E-state index is -3.00. The molecule has 1 N–H and O–H groups in total. The minimum absolute atomic E-state index is 0.0311. The topological polar surface area (TPSA) is 84.8 Å². The van der Waals surface area contributed by atoms with Crippen LogP contribution in [0.25, 0.3) is 0 Å². The monoisotopic (exact) mass is 346 g/mol. The molecule has 0 aliphatic carbocycles. The zero-order valence-corrected chi connectivity index (χ0v) is 12.9. The number of carbonyl (C=O) groups excluding carboxylic acids is 1. The van der Waals surface area contributed by atoms with Gasteiger partial charge in [-0.05, 0) is 42.2 Å². The van der Waals surface area contributed by atoms with Gasteiger partial charge in [0.2, 0.25) is 5.91 Å². The molecule has 1 saturated heterocycles. The first-order valence-electron chi connectivity index (χ1n) is 6.91. The number of rotatable bonds is 6. The van der Waals surface area contributed by atoms with Crippen LogP contribution in [0.1, 0.15) is 18.4 Å². The third-order valence-corrected chi connectivity index (χ3v) is 5.15. The summed E-state index contributed by atoms with van der Waals surface area (Å²) >= 11 is 0. The molecule has 0 bridgehead atoms. The van der Waals surface area contributed by atoms with Gasteiger partial charge in [0.05, 0.1) is 17.7 Å². The molecule has 1 aromatic carbocycles. The van der Waals surface area contributed by atoms with Gasteiger partial charge in [-0.2, -0.15) is 13.9 Å². The standard InChI is InChI=1S/C14H16F2N2O4S/c15-14(16)22-12-3-1-10(2-4-12)8-17-18-13(19)7-11-5-6-23(20,21)9-11/h1-4,8,11,14H,5-7,9H2,(H,18,19)/b17-8-/t11-/m1/s1. The van der Waals surface area contributed by atoms with Crippen LogP contribution in [-0.4, -0.2) is 38.7 Å². The highest BCUT2D eigenvalue weighted by Gasteiger charge is 2.29. The van der Waals surface area contributed by atoms with Crippen LogP contribution in [0.2, 0.25) is 0 Å². The van der Waals surface area contributed by atoms with Crippen LogP contribution < -0.4 is 10.2 Å². The van der Waals surface area contributed by atoms with Crippen molar-refractivity contribution < 1.29 is 26.7 Å². The van der Waals surface area contributed by atoms with Crippen molar-refractivity contribution in [3.8, 4) is 5.75 Å². The van der Waals surface area contributed by atoms with Crippen molar-refractivity contribution in [2.75, 3.05) is 11.5 Å². The van der Waals surface area contributed by atoms with E-state index in [1.165, 1.54) is 30.5 Å². The Labute approximate surface area is 132 Å². The van der Waals surface area contributed by atoms with Crippen molar-refractivity contribution in [2.45, 2.75) is 19.5 Å². The number of hydrazone groups is 1. The molecule has 0 aromatic heterocycles. The lowest BCUT2D eigenvalue weighted by atomic mass is 10.1. The van der Waals surface area contributed by atoms with Crippen molar-refractivity contribution in [3.63, 3.8) is 0 Å². The summed E-state index contributed by atoms with van der Waals surface area (Å²) in [6, 6.07) is 5.74. The van der Waals surface area contributed by atoms with E-state index in [0.717, 1.165) is 0 Å². The van der Waals surface area contributed by atoms with Crippen LogP contribution in [0.5, 0.6) is 5.75 Å². The molecule has 1 amide bonds. The summed E-state index contributed by atoms with van der Waals surface area (Å²) in [6.45, 7) is -2.88. The lowest BCUT2D eigenvalue weighted by molar-refractivity contribution is -0.121. The second-order valence-corrected chi connectivity index (χ2v) is 7.44. The van der Waals surface area contributed by atoms with Gasteiger partial charge < -0.3 is 4.74 Å². The number of halogens is 2. The molecule has 0 spiro atoms. The molecule has 23 heavy (non-hydrogen) atoms. The van der Waals surface area contributed by atoms with Crippen LogP contribution >= 0.6 is 0 Å². The van der Waals surface area contributed by atoms with Gasteiger partial charge >= 0.3 is 6.61 Å². The molecule has 2 rings (SSSR count). The minimum Gasteiger partial charge on any atom is -0.435 e. The Morgan fingerprint density at radius 1 is 1.39 bits per heavy atom. The summed E-state index contributed by atoms with van der Waals surface area (Å²) < 4.78 is 50.8. The van der Waals surface area contributed by atoms with Gasteiger partial charge in [-0.15, -0.1) is 0 Å². The molecule has 9 heteroatoms. The van der Waals surface area contributed by atoms with Gasteiger partial charge in [-0.1, -0.05) is 0 Å². The van der Waals surface area contributed by atoms with Crippen molar-refractivity contribution >= 4 is 22.0 Å². The summed E-state index contributed by atoms with van der Waals surface area (Å²) in [5.41, 5.74) is 2.91. The Hall–Kier alpha value is -2.03. The number of hydrogen-bond donors (Lipinski definition) is 1. The Morgan fingerprint density at radius 2 is 2.09 bits per heavy atom. The molecule has 1 aliphatic rings. The largest absolute Gasteiger partial charge is 0.435 e. The second-order valence-electron chi connectivity index (χ2n) is 5.21. The summed E-state index contributed by atoms with van der Waals surface area (Å²) in [7, 11) is -3.00. The maximum absolute atomic E-state index is 12.0. The van der Waals surface area contributed by atoms with E-state index in [4.69, 9.17) is 0 Å². The molecule has 0 unspecified atom stereocenters. The van der Waals surface area contributed by atoms with E-state index in [0.29, 0.717) is 12.0 Å². The fourth-order valence-corrected chi connectivity index (χ4v) is 4.12. The van der Waals surface area contributed by atoms with E-state index in [9.17, 15) is 22.0 Å². The Bertz CT molecular complexity index is 675. The zero-order valence-electron chi connectivity index (χ0n) is 12.1. The van der Waals surface area contributed by atoms with Gasteiger partial charge in [0.1, 0.15) is 5.75 Å². The summed E-state index contributed by atoms with van der Waals surface area (Å²) in [4.78, 5) is 11.7. The maximum atomic E-state index is 12.0. The van der Waals surface area contributed by atoms with Gasteiger partial charge in [0.25, 0.3) is 0 Å². The molecule has 1 heterocycles. The van der Waals surface area contributed by atoms with Crippen molar-refractivity contribution in [3.05, 3.63) is 29.8 Å². The first-order valence-corrected chi connectivity index (χ1v) is 8.73. The van der Waals surface area contributed by atoms with Gasteiger partial charge in [-0.3, -0.25) is 4.79 Å². The van der Waals surface area contributed by atoms with E-state index in [1.807, 2.05) is 0 Å². The number of carbonyl (C=O) groups is 1. The SMILES string of the molecule is O=C(C[C@H]1CCS(=O)(=O)C1)N/N=C\c1ccc(OC(F)F)cc1. The average Bonchev–Trinajstić information content (AvgIpc) is 2.79. The van der Waals surface area contributed by atoms with E-state index >= 15 is 0 Å². The third-order valence-electron chi connectivity index (χ3n) is 3.31. The van der Waals surface area contributed by atoms with Gasteiger partial charge in [0, 0.05) is 6.42 Å². The molecular weight excluding hydrogens is 330 g/mol. The number of ether oxygens (including phenoxy) is 1. The average molecular weight is 346 g/mol. The smallest absolute Gasteiger partial charge is 0.387 e. The highest BCUT2D eigenvalue weighted by Crippen LogP contribution is 2.21. The molecule has 1 aromatic rings. The maximum Gasteiger partial charge on any atom is 0.387 e. The van der Waals surface area contributed by atoms with Crippen LogP contribution in [0.4, 0.5) is 8.78 Å². The van der Waals surface area contributed by atoms with Crippen LogP contribution in [0, 0.1) is 5.92 Å². The van der Waals surface area contributed by atoms with E-state index in [2.05, 4.69) is 15.3 Å². The molecule has 6 nitrogen and oxygen atoms in total. The molecule has 0 saturated carbocycles. The quantitative estimate of drug-likeness (QED) is 0.626. The van der Waals surface area contributed by atoms with E-state index in [1.54, 1.807) is 0 Å². The number of sulfone groups is 1. The van der Waals surface area contributed by atoms with Gasteiger partial charge in [0.15, 0.2) is 9.84 Å². The lowest BCUT2D eigenvalue weighted by Gasteiger charge is -2.05. The number of nitrogens with one attached hydrogen (secondary N) is 1. The predicted octanol–water partition coefficient (Wildman–Crippen LogP) is 1.56. The summed E-state index contributed by atoms with van der Waals surface area (Å²) in [5, 5.41) is 3.75. The molecule has 0 radical (unpaired) electrons. The Balaban J connectivity index is 1.78. The molecular formula is C14H16F2N2O4S. The lowest BCUT2D eigenvalue weighted by Crippen LogP contribution is -2.21. The number of benzene rings is 1. The summed E-state index contributed by atoms with van der Waals surface area (Å²) in [6.07, 6.45) is 1.96. The first-order chi connectivity index (χ1) is 10.8. The molecule has 1 atom stereocenters. The second kappa shape index (κ2) is 7.49. The van der Waals surface area contributed by atoms with Crippen molar-refractivity contribution in [2.24, 2.45) is 11.0 Å². The molecule has 1 aliphatic heterocycles. The number of hydrogen-bond acceptors (Lipinski definition) is 5. The third kappa shape index (κ3) is 5.93. The first kappa shape index (κ1) is 17.3. The van der Waals surface area contributed by atoms with E-state index < -0.39 is 16.4 Å². The van der Waals surface area contributed by atoms with E-state index in [-0.39, 0.29) is 35.5 Å². The number of nitrogens with zero attached hydrogens (tertiary/aromatic N) is 1.